The Labute approximate surface area is 238 Å². The van der Waals surface area contributed by atoms with Crippen molar-refractivity contribution in [3.05, 3.63) is 78.0 Å². The van der Waals surface area contributed by atoms with Crippen molar-refractivity contribution >= 4 is 38.9 Å². The first-order valence-electron chi connectivity index (χ1n) is 13.2. The minimum atomic E-state index is -3.70. The Kier molecular flexibility index (Phi) is 7.48. The van der Waals surface area contributed by atoms with E-state index < -0.39 is 33.0 Å². The molecule has 4 aromatic rings. The summed E-state index contributed by atoms with van der Waals surface area (Å²) < 4.78 is 39.2. The number of aromatic nitrogens is 2. The summed E-state index contributed by atoms with van der Waals surface area (Å²) in [5.74, 6) is 0.785. The first-order chi connectivity index (χ1) is 19.4. The van der Waals surface area contributed by atoms with Crippen LogP contribution in [0, 0.1) is 0 Å². The number of hydrogen-bond acceptors (Lipinski definition) is 7. The summed E-state index contributed by atoms with van der Waals surface area (Å²) in [4.78, 5) is 30.6. The van der Waals surface area contributed by atoms with Crippen LogP contribution in [0.15, 0.2) is 66.7 Å². The van der Waals surface area contributed by atoms with E-state index in [9.17, 15) is 18.0 Å². The molecule has 1 saturated carbocycles. The van der Waals surface area contributed by atoms with Crippen LogP contribution in [0.3, 0.4) is 0 Å². The lowest BCUT2D eigenvalue weighted by Gasteiger charge is -2.21. The molecule has 0 radical (unpaired) electrons. The van der Waals surface area contributed by atoms with Gasteiger partial charge >= 0.3 is 12.1 Å². The Morgan fingerprint density at radius 1 is 1.02 bits per heavy atom. The van der Waals surface area contributed by atoms with Crippen LogP contribution >= 0.6 is 0 Å². The topological polar surface area (TPSA) is 129 Å². The van der Waals surface area contributed by atoms with Crippen LogP contribution in [-0.4, -0.2) is 48.1 Å². The van der Waals surface area contributed by atoms with Gasteiger partial charge in [-0.3, -0.25) is 5.32 Å². The zero-order valence-electron chi connectivity index (χ0n) is 23.3. The number of carbonyl (C=O) groups excluding carboxylic acids is 2. The molecular weight excluding hydrogens is 544 g/mol. The molecule has 2 heterocycles. The lowest BCUT2D eigenvalue weighted by atomic mass is 10.0. The summed E-state index contributed by atoms with van der Waals surface area (Å²) in [5, 5.41) is 2.80. The summed E-state index contributed by atoms with van der Waals surface area (Å²) in [6.45, 7) is 5.44. The van der Waals surface area contributed by atoms with Gasteiger partial charge in [0, 0.05) is 23.6 Å². The van der Waals surface area contributed by atoms with E-state index in [4.69, 9.17) is 9.47 Å². The Hall–Kier alpha value is -4.38. The number of benzene rings is 2. The maximum absolute atomic E-state index is 13.7. The molecule has 2 aromatic carbocycles. The lowest BCUT2D eigenvalue weighted by Crippen LogP contribution is -2.36. The average Bonchev–Trinajstić information content (AvgIpc) is 3.72. The molecule has 0 aliphatic heterocycles. The third kappa shape index (κ3) is 6.35. The maximum Gasteiger partial charge on any atom is 0.419 e. The second-order valence-corrected chi connectivity index (χ2v) is 12.8. The molecule has 41 heavy (non-hydrogen) atoms. The summed E-state index contributed by atoms with van der Waals surface area (Å²) in [6.07, 6.45) is 0.865. The van der Waals surface area contributed by atoms with E-state index in [2.05, 4.69) is 15.0 Å². The van der Waals surface area contributed by atoms with Crippen LogP contribution in [0.2, 0.25) is 0 Å². The third-order valence-corrected chi connectivity index (χ3v) is 8.33. The number of nitrogens with one attached hydrogen (secondary N) is 2. The van der Waals surface area contributed by atoms with E-state index in [1.54, 1.807) is 35.9 Å². The van der Waals surface area contributed by atoms with Gasteiger partial charge in [0.05, 0.1) is 23.6 Å². The van der Waals surface area contributed by atoms with Crippen LogP contribution in [0.5, 0.6) is 5.75 Å². The van der Waals surface area contributed by atoms with E-state index in [1.165, 1.54) is 0 Å². The Bertz CT molecular complexity index is 1720. The SMILES string of the molecule is COc1ccc2c(Cc3cccc(NC(=O)NS(=O)(=O)C4CC4)n3)c(-c3ccccc3)n(C(=O)OC(C)(C)C)c2c1. The van der Waals surface area contributed by atoms with E-state index in [1.807, 2.05) is 63.2 Å². The zero-order valence-corrected chi connectivity index (χ0v) is 24.1. The highest BCUT2D eigenvalue weighted by molar-refractivity contribution is 7.90. The highest BCUT2D eigenvalue weighted by atomic mass is 32.2. The molecule has 2 amide bonds. The van der Waals surface area contributed by atoms with Gasteiger partial charge in [-0.05, 0) is 69.0 Å². The van der Waals surface area contributed by atoms with E-state index in [0.29, 0.717) is 41.9 Å². The molecule has 10 nitrogen and oxygen atoms in total. The minimum Gasteiger partial charge on any atom is -0.497 e. The summed E-state index contributed by atoms with van der Waals surface area (Å²) in [6, 6.07) is 19.3. The fraction of sp³-hybridized carbons (Fsp3) is 0.300. The van der Waals surface area contributed by atoms with Crippen LogP contribution in [0.4, 0.5) is 15.4 Å². The lowest BCUT2D eigenvalue weighted by molar-refractivity contribution is 0.0547. The molecule has 2 N–H and O–H groups in total. The molecule has 2 aromatic heterocycles. The summed E-state index contributed by atoms with van der Waals surface area (Å²) in [5.41, 5.74) is 2.77. The summed E-state index contributed by atoms with van der Waals surface area (Å²) >= 11 is 0. The number of rotatable bonds is 7. The Morgan fingerprint density at radius 3 is 2.41 bits per heavy atom. The molecule has 0 atom stereocenters. The van der Waals surface area contributed by atoms with Crippen LogP contribution in [0.25, 0.3) is 22.2 Å². The van der Waals surface area contributed by atoms with Gasteiger partial charge in [0.2, 0.25) is 10.0 Å². The monoisotopic (exact) mass is 576 g/mol. The number of anilines is 1. The van der Waals surface area contributed by atoms with Crippen LogP contribution < -0.4 is 14.8 Å². The van der Waals surface area contributed by atoms with Crippen molar-refractivity contribution in [1.29, 1.82) is 0 Å². The zero-order chi connectivity index (χ0) is 29.4. The quantitative estimate of drug-likeness (QED) is 0.289. The molecule has 0 bridgehead atoms. The largest absolute Gasteiger partial charge is 0.497 e. The molecule has 11 heteroatoms. The molecule has 1 aliphatic rings. The number of methoxy groups -OCH3 is 1. The predicted octanol–water partition coefficient (Wildman–Crippen LogP) is 5.70. The van der Waals surface area contributed by atoms with E-state index in [-0.39, 0.29) is 5.82 Å². The first-order valence-corrected chi connectivity index (χ1v) is 14.8. The number of urea groups is 1. The second kappa shape index (κ2) is 10.9. The van der Waals surface area contributed by atoms with Gasteiger partial charge < -0.3 is 9.47 Å². The average molecular weight is 577 g/mol. The van der Waals surface area contributed by atoms with Gasteiger partial charge in [-0.1, -0.05) is 36.4 Å². The molecule has 5 rings (SSSR count). The number of amides is 2. The van der Waals surface area contributed by atoms with Gasteiger partial charge in [0.25, 0.3) is 0 Å². The van der Waals surface area contributed by atoms with Crippen molar-refractivity contribution in [1.82, 2.24) is 14.3 Å². The molecule has 0 spiro atoms. The number of nitrogens with zero attached hydrogens (tertiary/aromatic N) is 2. The van der Waals surface area contributed by atoms with E-state index in [0.717, 1.165) is 16.5 Å². The fourth-order valence-corrected chi connectivity index (χ4v) is 5.83. The smallest absolute Gasteiger partial charge is 0.419 e. The van der Waals surface area contributed by atoms with Crippen molar-refractivity contribution in [3.63, 3.8) is 0 Å². The van der Waals surface area contributed by atoms with Crippen LogP contribution in [-0.2, 0) is 21.2 Å². The number of ether oxygens (including phenoxy) is 2. The van der Waals surface area contributed by atoms with Gasteiger partial charge in [-0.2, -0.15) is 0 Å². The molecular formula is C30H32N4O6S. The fourth-order valence-electron chi connectivity index (χ4n) is 4.60. The predicted molar refractivity (Wildman–Crippen MR) is 157 cm³/mol. The normalized spacial score (nSPS) is 13.6. The van der Waals surface area contributed by atoms with Crippen molar-refractivity contribution < 1.29 is 27.5 Å². The minimum absolute atomic E-state index is 0.199. The molecule has 0 unspecified atom stereocenters. The van der Waals surface area contributed by atoms with Gasteiger partial charge in [-0.15, -0.1) is 0 Å². The Balaban J connectivity index is 1.57. The molecule has 0 saturated heterocycles. The van der Waals surface area contributed by atoms with E-state index >= 15 is 0 Å². The molecule has 214 valence electrons. The highest BCUT2D eigenvalue weighted by Crippen LogP contribution is 2.37. The number of sulfonamides is 1. The van der Waals surface area contributed by atoms with Crippen LogP contribution in [0.1, 0.15) is 44.9 Å². The molecule has 1 aliphatic carbocycles. The highest BCUT2D eigenvalue weighted by Gasteiger charge is 2.37. The van der Waals surface area contributed by atoms with Gasteiger partial charge in [-0.25, -0.2) is 32.3 Å². The van der Waals surface area contributed by atoms with Gasteiger partial charge in [0.15, 0.2) is 0 Å². The van der Waals surface area contributed by atoms with Crippen molar-refractivity contribution in [3.8, 4) is 17.0 Å². The second-order valence-electron chi connectivity index (χ2n) is 10.9. The number of pyridine rings is 1. The standard InChI is InChI=1S/C30H32N4O6S/c1-30(2,3)40-29(36)34-25-18-21(39-4)13-16-23(25)24(27(34)19-9-6-5-7-10-19)17-20-11-8-12-26(31-20)32-28(35)33-41(37,38)22-14-15-22/h5-13,16,18,22H,14-15,17H2,1-4H3,(H2,31,32,33,35). The third-order valence-electron chi connectivity index (χ3n) is 6.51. The Morgan fingerprint density at radius 2 is 1.76 bits per heavy atom. The van der Waals surface area contributed by atoms with Crippen molar-refractivity contribution in [2.45, 2.75) is 50.9 Å². The summed E-state index contributed by atoms with van der Waals surface area (Å²) in [7, 11) is -2.13. The number of fused-ring (bicyclic) bond motifs is 1. The maximum atomic E-state index is 13.7. The number of hydrogen-bond donors (Lipinski definition) is 2. The van der Waals surface area contributed by atoms with Gasteiger partial charge in [0.1, 0.15) is 17.2 Å². The molecule has 1 fully saturated rings. The first kappa shape index (κ1) is 28.2. The van der Waals surface area contributed by atoms with Crippen molar-refractivity contribution in [2.75, 3.05) is 12.4 Å². The van der Waals surface area contributed by atoms with Crippen molar-refractivity contribution in [2.24, 2.45) is 0 Å². The number of carbonyl (C=O) groups is 2.